The summed E-state index contributed by atoms with van der Waals surface area (Å²) < 4.78 is 1.64. The molecule has 0 bridgehead atoms. The number of hydrogen-bond donors (Lipinski definition) is 0. The third kappa shape index (κ3) is 3.07. The van der Waals surface area contributed by atoms with Gasteiger partial charge in [0.25, 0.3) is 11.7 Å². The van der Waals surface area contributed by atoms with E-state index >= 15 is 0 Å². The lowest BCUT2D eigenvalue weighted by Crippen LogP contribution is -2.64. The largest absolute Gasteiger partial charge is 0.333 e. The lowest BCUT2D eigenvalue weighted by molar-refractivity contribution is 0.00258. The van der Waals surface area contributed by atoms with Crippen molar-refractivity contribution in [2.24, 2.45) is 0 Å². The van der Waals surface area contributed by atoms with Gasteiger partial charge in [-0.05, 0) is 33.8 Å². The van der Waals surface area contributed by atoms with E-state index in [4.69, 9.17) is 0 Å². The van der Waals surface area contributed by atoms with E-state index in [0.717, 1.165) is 50.7 Å². The van der Waals surface area contributed by atoms with Crippen molar-refractivity contribution in [1.29, 1.82) is 0 Å². The van der Waals surface area contributed by atoms with Gasteiger partial charge in [-0.2, -0.15) is 4.98 Å². The van der Waals surface area contributed by atoms with Crippen molar-refractivity contribution >= 4 is 11.7 Å². The van der Waals surface area contributed by atoms with Gasteiger partial charge in [0.15, 0.2) is 0 Å². The highest BCUT2D eigenvalue weighted by atomic mass is 16.2. The van der Waals surface area contributed by atoms with Crippen LogP contribution in [0.25, 0.3) is 5.78 Å². The molecule has 0 saturated carbocycles. The Kier molecular flexibility index (Phi) is 4.40. The Morgan fingerprint density at radius 2 is 1.81 bits per heavy atom. The van der Waals surface area contributed by atoms with Crippen LogP contribution in [-0.4, -0.2) is 91.5 Å². The first-order chi connectivity index (χ1) is 12.4. The van der Waals surface area contributed by atoms with Crippen LogP contribution in [0.5, 0.6) is 0 Å². The topological polar surface area (TPSA) is 69.9 Å². The standard InChI is InChI=1S/C18H27N7O/c1-12(2)22-5-7-23(8-6-22)15-10-24(11-15)17(26)16-20-18-19-13(3)9-14(4)25(18)21-16/h9,12,15H,5-8,10-11H2,1-4H3. The van der Waals surface area contributed by atoms with E-state index in [9.17, 15) is 4.79 Å². The maximum atomic E-state index is 12.7. The molecule has 2 aromatic heterocycles. The number of carbonyl (C=O) groups excluding carboxylic acids is 1. The highest BCUT2D eigenvalue weighted by Crippen LogP contribution is 2.19. The molecule has 4 rings (SSSR count). The second kappa shape index (κ2) is 6.59. The Labute approximate surface area is 153 Å². The quantitative estimate of drug-likeness (QED) is 0.801. The fraction of sp³-hybridized carbons (Fsp3) is 0.667. The Morgan fingerprint density at radius 1 is 1.12 bits per heavy atom. The van der Waals surface area contributed by atoms with E-state index in [1.807, 2.05) is 24.8 Å². The number of fused-ring (bicyclic) bond motifs is 1. The molecule has 0 radical (unpaired) electrons. The Morgan fingerprint density at radius 3 is 2.46 bits per heavy atom. The molecule has 0 N–H and O–H groups in total. The van der Waals surface area contributed by atoms with Crippen molar-refractivity contribution in [3.05, 3.63) is 23.3 Å². The average Bonchev–Trinajstić information content (AvgIpc) is 2.98. The van der Waals surface area contributed by atoms with Gasteiger partial charge < -0.3 is 4.90 Å². The first-order valence-corrected chi connectivity index (χ1v) is 9.41. The molecule has 0 atom stereocenters. The van der Waals surface area contributed by atoms with E-state index in [2.05, 4.69) is 38.7 Å². The van der Waals surface area contributed by atoms with Crippen molar-refractivity contribution in [1.82, 2.24) is 34.3 Å². The van der Waals surface area contributed by atoms with Gasteiger partial charge in [-0.3, -0.25) is 14.6 Å². The van der Waals surface area contributed by atoms with Crippen LogP contribution in [0.2, 0.25) is 0 Å². The summed E-state index contributed by atoms with van der Waals surface area (Å²) in [7, 11) is 0. The predicted molar refractivity (Wildman–Crippen MR) is 98.2 cm³/mol. The summed E-state index contributed by atoms with van der Waals surface area (Å²) in [6, 6.07) is 3.01. The van der Waals surface area contributed by atoms with Crippen LogP contribution in [0.4, 0.5) is 0 Å². The number of carbonyl (C=O) groups is 1. The van der Waals surface area contributed by atoms with E-state index in [1.54, 1.807) is 4.52 Å². The predicted octanol–water partition coefficient (Wildman–Crippen LogP) is 0.592. The van der Waals surface area contributed by atoms with Crippen molar-refractivity contribution in [2.75, 3.05) is 39.3 Å². The maximum Gasteiger partial charge on any atom is 0.293 e. The van der Waals surface area contributed by atoms with Crippen molar-refractivity contribution in [3.63, 3.8) is 0 Å². The Hall–Kier alpha value is -2.06. The number of aromatic nitrogens is 4. The molecule has 2 aliphatic heterocycles. The molecule has 2 aliphatic rings. The molecule has 8 nitrogen and oxygen atoms in total. The second-order valence-electron chi connectivity index (χ2n) is 7.72. The molecule has 1 amide bonds. The number of rotatable bonds is 3. The van der Waals surface area contributed by atoms with Crippen molar-refractivity contribution in [2.45, 2.75) is 39.8 Å². The highest BCUT2D eigenvalue weighted by Gasteiger charge is 2.37. The van der Waals surface area contributed by atoms with Crippen LogP contribution in [0.15, 0.2) is 6.07 Å². The van der Waals surface area contributed by atoms with Crippen LogP contribution in [0.1, 0.15) is 35.9 Å². The number of hydrogen-bond acceptors (Lipinski definition) is 6. The number of likely N-dealkylation sites (tertiary alicyclic amines) is 1. The van der Waals surface area contributed by atoms with Gasteiger partial charge in [0.1, 0.15) is 0 Å². The van der Waals surface area contributed by atoms with Gasteiger partial charge in [-0.1, -0.05) is 0 Å². The zero-order valence-electron chi connectivity index (χ0n) is 16.0. The summed E-state index contributed by atoms with van der Waals surface area (Å²) in [5.41, 5.74) is 1.81. The maximum absolute atomic E-state index is 12.7. The third-order valence-electron chi connectivity index (χ3n) is 5.55. The van der Waals surface area contributed by atoms with Gasteiger partial charge >= 0.3 is 0 Å². The van der Waals surface area contributed by atoms with Crippen LogP contribution in [0, 0.1) is 13.8 Å². The zero-order valence-corrected chi connectivity index (χ0v) is 16.0. The van der Waals surface area contributed by atoms with Gasteiger partial charge in [0, 0.05) is 62.7 Å². The minimum atomic E-state index is -0.0929. The summed E-state index contributed by atoms with van der Waals surface area (Å²) in [6.45, 7) is 14.3. The number of piperazine rings is 1. The molecule has 2 saturated heterocycles. The minimum absolute atomic E-state index is 0.0929. The number of amides is 1. The summed E-state index contributed by atoms with van der Waals surface area (Å²) >= 11 is 0. The van der Waals surface area contributed by atoms with Gasteiger partial charge in [-0.15, -0.1) is 5.10 Å². The summed E-state index contributed by atoms with van der Waals surface area (Å²) in [4.78, 5) is 28.2. The second-order valence-corrected chi connectivity index (χ2v) is 7.72. The van der Waals surface area contributed by atoms with Crippen LogP contribution >= 0.6 is 0 Å². The highest BCUT2D eigenvalue weighted by molar-refractivity contribution is 5.91. The SMILES string of the molecule is Cc1cc(C)n2nc(C(=O)N3CC(N4CCN(C(C)C)CC4)C3)nc2n1. The van der Waals surface area contributed by atoms with Gasteiger partial charge in [0.2, 0.25) is 5.82 Å². The molecule has 0 spiro atoms. The van der Waals surface area contributed by atoms with Crippen molar-refractivity contribution < 1.29 is 4.79 Å². The van der Waals surface area contributed by atoms with E-state index < -0.39 is 0 Å². The summed E-state index contributed by atoms with van der Waals surface area (Å²) in [5.74, 6) is 0.645. The molecule has 0 aromatic carbocycles. The lowest BCUT2D eigenvalue weighted by atomic mass is 10.1. The Balaban J connectivity index is 1.37. The molecule has 4 heterocycles. The molecule has 8 heteroatoms. The van der Waals surface area contributed by atoms with Gasteiger partial charge in [0.05, 0.1) is 0 Å². The summed E-state index contributed by atoms with van der Waals surface area (Å²) in [5, 5.41) is 4.35. The average molecular weight is 357 g/mol. The minimum Gasteiger partial charge on any atom is -0.333 e. The zero-order chi connectivity index (χ0) is 18.4. The first-order valence-electron chi connectivity index (χ1n) is 9.41. The lowest BCUT2D eigenvalue weighted by Gasteiger charge is -2.48. The fourth-order valence-electron chi connectivity index (χ4n) is 3.87. The molecule has 2 aromatic rings. The molecule has 0 aliphatic carbocycles. The third-order valence-corrected chi connectivity index (χ3v) is 5.55. The summed E-state index contributed by atoms with van der Waals surface area (Å²) in [6.07, 6.45) is 0. The monoisotopic (exact) mass is 357 g/mol. The molecular formula is C18H27N7O. The Bertz CT molecular complexity index is 816. The van der Waals surface area contributed by atoms with E-state index in [-0.39, 0.29) is 11.7 Å². The van der Waals surface area contributed by atoms with Crippen LogP contribution in [0.3, 0.4) is 0 Å². The van der Waals surface area contributed by atoms with Crippen LogP contribution < -0.4 is 0 Å². The molecule has 0 unspecified atom stereocenters. The van der Waals surface area contributed by atoms with E-state index in [1.165, 1.54) is 0 Å². The molecule has 2 fully saturated rings. The normalized spacial score (nSPS) is 20.1. The van der Waals surface area contributed by atoms with Crippen molar-refractivity contribution in [3.8, 4) is 0 Å². The number of aryl methyl sites for hydroxylation is 2. The van der Waals surface area contributed by atoms with Gasteiger partial charge in [-0.25, -0.2) is 9.50 Å². The molecule has 140 valence electrons. The smallest absolute Gasteiger partial charge is 0.293 e. The number of nitrogens with zero attached hydrogens (tertiary/aromatic N) is 7. The molecule has 26 heavy (non-hydrogen) atoms. The van der Waals surface area contributed by atoms with E-state index in [0.29, 0.717) is 17.9 Å². The fourth-order valence-corrected chi connectivity index (χ4v) is 3.87. The molecular weight excluding hydrogens is 330 g/mol. The van der Waals surface area contributed by atoms with Crippen LogP contribution in [-0.2, 0) is 0 Å². The first kappa shape index (κ1) is 17.4.